The van der Waals surface area contributed by atoms with Gasteiger partial charge < -0.3 is 25.6 Å². The first-order valence-electron chi connectivity index (χ1n) is 5.57. The second-order valence-electron chi connectivity index (χ2n) is 3.90. The van der Waals surface area contributed by atoms with E-state index >= 15 is 0 Å². The summed E-state index contributed by atoms with van der Waals surface area (Å²) in [6.07, 6.45) is 0.185. The molecule has 98 valence electrons. The van der Waals surface area contributed by atoms with E-state index in [2.05, 4.69) is 10.6 Å². The zero-order chi connectivity index (χ0) is 12.7. The maximum absolute atomic E-state index is 11.5. The Morgan fingerprint density at radius 1 is 1.53 bits per heavy atom. The van der Waals surface area contributed by atoms with Gasteiger partial charge in [-0.05, 0) is 0 Å². The Morgan fingerprint density at radius 2 is 2.29 bits per heavy atom. The van der Waals surface area contributed by atoms with Gasteiger partial charge in [0.15, 0.2) is 0 Å². The number of morpholine rings is 1. The number of aliphatic hydroxyl groups excluding tert-OH is 1. The number of carboxylic acid groups (broad SMARTS) is 1. The van der Waals surface area contributed by atoms with Crippen molar-refractivity contribution in [2.45, 2.75) is 24.9 Å². The molecule has 7 nitrogen and oxygen atoms in total. The molecule has 1 heterocycles. The van der Waals surface area contributed by atoms with Crippen LogP contribution in [0.4, 0.5) is 0 Å². The van der Waals surface area contributed by atoms with Gasteiger partial charge in [0.05, 0.1) is 13.2 Å². The highest BCUT2D eigenvalue weighted by atomic mass is 16.5. The first-order valence-corrected chi connectivity index (χ1v) is 5.57. The predicted molar refractivity (Wildman–Crippen MR) is 58.5 cm³/mol. The third-order valence-corrected chi connectivity index (χ3v) is 2.48. The highest BCUT2D eigenvalue weighted by molar-refractivity contribution is 5.83. The molecular formula is C10H18N2O5. The van der Waals surface area contributed by atoms with Crippen LogP contribution in [-0.2, 0) is 14.3 Å². The number of nitrogens with one attached hydrogen (secondary N) is 2. The summed E-state index contributed by atoms with van der Waals surface area (Å²) < 4.78 is 5.18. The van der Waals surface area contributed by atoms with Crippen LogP contribution in [0.25, 0.3) is 0 Å². The molecule has 0 aromatic heterocycles. The third kappa shape index (κ3) is 5.12. The van der Waals surface area contributed by atoms with Crippen LogP contribution in [0.2, 0.25) is 0 Å². The van der Waals surface area contributed by atoms with E-state index in [9.17, 15) is 9.59 Å². The maximum atomic E-state index is 11.5. The number of hydrogen-bond donors (Lipinski definition) is 4. The summed E-state index contributed by atoms with van der Waals surface area (Å²) in [6, 6.07) is -1.11. The molecule has 0 spiro atoms. The summed E-state index contributed by atoms with van der Waals surface area (Å²) in [4.78, 5) is 22.3. The van der Waals surface area contributed by atoms with E-state index in [0.717, 1.165) is 0 Å². The normalized spacial score (nSPS) is 21.8. The molecule has 0 aliphatic carbocycles. The highest BCUT2D eigenvalue weighted by Gasteiger charge is 2.22. The Kier molecular flexibility index (Phi) is 5.88. The number of ether oxygens (including phenoxy) is 1. The van der Waals surface area contributed by atoms with Crippen molar-refractivity contribution in [3.05, 3.63) is 0 Å². The number of aliphatic hydroxyl groups is 1. The zero-order valence-corrected chi connectivity index (χ0v) is 9.52. The van der Waals surface area contributed by atoms with Crippen LogP contribution in [0.15, 0.2) is 0 Å². The number of carboxylic acids is 1. The Bertz CT molecular complexity index is 265. The second-order valence-corrected chi connectivity index (χ2v) is 3.90. The van der Waals surface area contributed by atoms with Gasteiger partial charge in [0, 0.05) is 32.0 Å². The topological polar surface area (TPSA) is 108 Å². The fraction of sp³-hybridized carbons (Fsp3) is 0.800. The zero-order valence-electron chi connectivity index (χ0n) is 9.52. The second kappa shape index (κ2) is 7.21. The first kappa shape index (κ1) is 13.9. The average molecular weight is 246 g/mol. The van der Waals surface area contributed by atoms with Crippen LogP contribution >= 0.6 is 0 Å². The lowest BCUT2D eigenvalue weighted by molar-refractivity contribution is -0.142. The molecule has 1 fully saturated rings. The third-order valence-electron chi connectivity index (χ3n) is 2.48. The average Bonchev–Trinajstić information content (AvgIpc) is 2.29. The van der Waals surface area contributed by atoms with Gasteiger partial charge in [-0.15, -0.1) is 0 Å². The van der Waals surface area contributed by atoms with Gasteiger partial charge in [-0.25, -0.2) is 4.79 Å². The maximum Gasteiger partial charge on any atom is 0.326 e. The summed E-state index contributed by atoms with van der Waals surface area (Å²) in [5.41, 5.74) is 0. The van der Waals surface area contributed by atoms with Gasteiger partial charge in [0.25, 0.3) is 0 Å². The molecular weight excluding hydrogens is 228 g/mol. The van der Waals surface area contributed by atoms with Crippen LogP contribution in [0.1, 0.15) is 12.8 Å². The van der Waals surface area contributed by atoms with Crippen LogP contribution in [0.5, 0.6) is 0 Å². The predicted octanol–water partition coefficient (Wildman–Crippen LogP) is -1.68. The van der Waals surface area contributed by atoms with E-state index in [1.807, 2.05) is 0 Å². The SMILES string of the molecule is O=C(CC1COCCN1)N[C@@H](CCO)C(=O)O. The van der Waals surface area contributed by atoms with Crippen molar-refractivity contribution in [3.63, 3.8) is 0 Å². The summed E-state index contributed by atoms with van der Waals surface area (Å²) in [7, 11) is 0. The summed E-state index contributed by atoms with van der Waals surface area (Å²) >= 11 is 0. The lowest BCUT2D eigenvalue weighted by Crippen LogP contribution is -2.47. The summed E-state index contributed by atoms with van der Waals surface area (Å²) in [5.74, 6) is -1.49. The van der Waals surface area contributed by atoms with E-state index in [-0.39, 0.29) is 31.4 Å². The molecule has 1 amide bonds. The summed E-state index contributed by atoms with van der Waals surface area (Å²) in [5, 5.41) is 22.9. The van der Waals surface area contributed by atoms with E-state index < -0.39 is 12.0 Å². The standard InChI is InChI=1S/C10H18N2O5/c13-3-1-8(10(15)16)12-9(14)5-7-6-17-4-2-11-7/h7-8,11,13H,1-6H2,(H,12,14)(H,15,16)/t7?,8-/m0/s1. The number of carbonyl (C=O) groups excluding carboxylic acids is 1. The van der Waals surface area contributed by atoms with E-state index in [1.54, 1.807) is 0 Å². The molecule has 1 rings (SSSR count). The van der Waals surface area contributed by atoms with Crippen LogP contribution in [0, 0.1) is 0 Å². The Hall–Kier alpha value is -1.18. The van der Waals surface area contributed by atoms with Crippen LogP contribution < -0.4 is 10.6 Å². The summed E-state index contributed by atoms with van der Waals surface area (Å²) in [6.45, 7) is 1.49. The van der Waals surface area contributed by atoms with Crippen molar-refractivity contribution in [1.82, 2.24) is 10.6 Å². The molecule has 0 bridgehead atoms. The fourth-order valence-corrected chi connectivity index (χ4v) is 1.61. The van der Waals surface area contributed by atoms with Gasteiger partial charge in [-0.2, -0.15) is 0 Å². The molecule has 0 aromatic rings. The molecule has 1 aliphatic heterocycles. The van der Waals surface area contributed by atoms with E-state index in [1.165, 1.54) is 0 Å². The Labute approximate surface area is 99.1 Å². The number of aliphatic carboxylic acids is 1. The minimum absolute atomic E-state index is 0.00959. The van der Waals surface area contributed by atoms with Crippen molar-refractivity contribution < 1.29 is 24.5 Å². The first-order chi connectivity index (χ1) is 8.13. The molecule has 2 atom stereocenters. The van der Waals surface area contributed by atoms with Crippen molar-refractivity contribution >= 4 is 11.9 Å². The smallest absolute Gasteiger partial charge is 0.326 e. The molecule has 1 aliphatic rings. The van der Waals surface area contributed by atoms with Crippen LogP contribution in [-0.4, -0.2) is 60.5 Å². The van der Waals surface area contributed by atoms with E-state index in [4.69, 9.17) is 14.9 Å². The lowest BCUT2D eigenvalue weighted by atomic mass is 10.1. The lowest BCUT2D eigenvalue weighted by Gasteiger charge is -2.24. The molecule has 0 aromatic carbocycles. The monoisotopic (exact) mass is 246 g/mol. The molecule has 7 heteroatoms. The van der Waals surface area contributed by atoms with Gasteiger partial charge in [-0.1, -0.05) is 0 Å². The molecule has 0 saturated carbocycles. The quantitative estimate of drug-likeness (QED) is 0.446. The molecule has 4 N–H and O–H groups in total. The van der Waals surface area contributed by atoms with Crippen molar-refractivity contribution in [3.8, 4) is 0 Å². The highest BCUT2D eigenvalue weighted by Crippen LogP contribution is 2.00. The van der Waals surface area contributed by atoms with Gasteiger partial charge >= 0.3 is 5.97 Å². The Morgan fingerprint density at radius 3 is 2.82 bits per heavy atom. The fourth-order valence-electron chi connectivity index (χ4n) is 1.61. The van der Waals surface area contributed by atoms with E-state index in [0.29, 0.717) is 19.8 Å². The van der Waals surface area contributed by atoms with Crippen molar-refractivity contribution in [1.29, 1.82) is 0 Å². The van der Waals surface area contributed by atoms with Gasteiger partial charge in [0.2, 0.25) is 5.91 Å². The van der Waals surface area contributed by atoms with Gasteiger partial charge in [0.1, 0.15) is 6.04 Å². The number of carbonyl (C=O) groups is 2. The molecule has 1 unspecified atom stereocenters. The molecule has 17 heavy (non-hydrogen) atoms. The van der Waals surface area contributed by atoms with Gasteiger partial charge in [-0.3, -0.25) is 4.79 Å². The minimum Gasteiger partial charge on any atom is -0.480 e. The number of rotatable bonds is 6. The Balaban J connectivity index is 2.33. The number of amides is 1. The van der Waals surface area contributed by atoms with Crippen molar-refractivity contribution in [2.75, 3.05) is 26.4 Å². The van der Waals surface area contributed by atoms with Crippen LogP contribution in [0.3, 0.4) is 0 Å². The number of hydrogen-bond acceptors (Lipinski definition) is 5. The minimum atomic E-state index is -1.14. The molecule has 0 radical (unpaired) electrons. The van der Waals surface area contributed by atoms with Crippen molar-refractivity contribution in [2.24, 2.45) is 0 Å². The molecule has 1 saturated heterocycles. The largest absolute Gasteiger partial charge is 0.480 e.